The van der Waals surface area contributed by atoms with Crippen LogP contribution < -0.4 is 62.9 Å². The van der Waals surface area contributed by atoms with E-state index >= 15 is 14.4 Å². The van der Waals surface area contributed by atoms with Crippen molar-refractivity contribution in [3.8, 4) is 57.1 Å². The van der Waals surface area contributed by atoms with Crippen LogP contribution in [0.5, 0.6) is 46.0 Å². The predicted octanol–water partition coefficient (Wildman–Crippen LogP) is 0.481. The molecule has 33 heteroatoms. The number of fused-ring (bicyclic) bond motifs is 15. The number of aromatic hydroxyl groups is 3. The van der Waals surface area contributed by atoms with Crippen LogP contribution in [0.3, 0.4) is 0 Å². The number of likely N-dealkylation sites (N-methyl/N-ethyl adjacent to an activating group) is 1. The molecule has 1 unspecified atom stereocenters. The Morgan fingerprint density at radius 1 is 0.724 bits per heavy atom. The molecule has 0 spiro atoms. The van der Waals surface area contributed by atoms with Gasteiger partial charge in [-0.1, -0.05) is 55.2 Å². The minimum absolute atomic E-state index is 0.00454. The number of halogens is 2. The smallest absolute Gasteiger partial charge is 0.248 e. The van der Waals surface area contributed by atoms with E-state index in [-0.39, 0.29) is 73.7 Å². The molecule has 17 atom stereocenters. The number of carbonyl (C=O) groups is 7. The first-order valence-electron chi connectivity index (χ1n) is 31.0. The standard InChI is InChI=1S/C65H75Cl2N9O22/c1-24(2)12-35(70-5)58(87)75-50-52(83)28-8-11-40(34(67)16-28)95-42-18-29-17-41(55(42)98-64-56(54(85)53(84)43(23-77)96-64)97-45-21-65(4,69)57(86)25(3)93-45)94-39-10-7-27(15-33(39)66)51(82)49-60(89)71-22-30-13-31(78)19-38(80)46(30)32-14-26(6-9-37(32)79)47(61(90)76-49)74-62(91)48(29)73-59(88)36(20-44(68)81)72-63(50)92/h6-11,13-19,24-25,35-36,43,45,47-54,56-57,64,70,77-80,82-86H,12,20-23,69H2,1-5H3,(H2,68,81)(H,71,89)(H,72,92)(H,73,88)(H,74,91)(H,75,87)(H,76,90)/t25-,35-,36+,43+,45-,47-,48-,49+,50-,51-,52-,53-,54+,56+,57-,64?,65+/m1/s1. The van der Waals surface area contributed by atoms with E-state index in [9.17, 15) is 65.1 Å². The Hall–Kier alpha value is -8.67. The van der Waals surface area contributed by atoms with E-state index in [4.69, 9.17) is 63.1 Å². The lowest BCUT2D eigenvalue weighted by Gasteiger charge is -2.47. The van der Waals surface area contributed by atoms with E-state index < -0.39 is 204 Å². The van der Waals surface area contributed by atoms with Crippen LogP contribution in [0.4, 0.5) is 0 Å². The minimum atomic E-state index is -2.27. The third kappa shape index (κ3) is 15.3. The summed E-state index contributed by atoms with van der Waals surface area (Å²) in [5.74, 6) is -12.4. The van der Waals surface area contributed by atoms with Crippen LogP contribution in [0, 0.1) is 5.92 Å². The maximum absolute atomic E-state index is 16.0. The van der Waals surface area contributed by atoms with Gasteiger partial charge in [0.15, 0.2) is 23.9 Å². The summed E-state index contributed by atoms with van der Waals surface area (Å²) in [6.07, 6.45) is -18.0. The Morgan fingerprint density at radius 2 is 1.34 bits per heavy atom. The molecule has 5 aromatic carbocycles. The highest BCUT2D eigenvalue weighted by molar-refractivity contribution is 6.32. The van der Waals surface area contributed by atoms with Crippen molar-refractivity contribution >= 4 is 64.6 Å². The zero-order chi connectivity index (χ0) is 71.1. The quantitative estimate of drug-likeness (QED) is 0.0808. The number of benzene rings is 5. The van der Waals surface area contributed by atoms with Crippen molar-refractivity contribution in [2.24, 2.45) is 17.4 Å². The number of primary amides is 1. The lowest BCUT2D eigenvalue weighted by atomic mass is 9.86. The molecule has 5 aromatic rings. The molecule has 7 amide bonds. The van der Waals surface area contributed by atoms with Crippen LogP contribution in [-0.2, 0) is 54.3 Å². The molecule has 31 nitrogen and oxygen atoms in total. The number of phenolic OH excluding ortho intramolecular Hbond substituents is 3. The summed E-state index contributed by atoms with van der Waals surface area (Å²) in [4.78, 5) is 103. The highest BCUT2D eigenvalue weighted by atomic mass is 35.5. The predicted molar refractivity (Wildman–Crippen MR) is 343 cm³/mol. The monoisotopic (exact) mass is 1400 g/mol. The number of phenols is 3. The van der Waals surface area contributed by atoms with Gasteiger partial charge in [0, 0.05) is 35.7 Å². The first-order valence-corrected chi connectivity index (χ1v) is 31.8. The second-order valence-corrected chi connectivity index (χ2v) is 26.0. The SMILES string of the molecule is CN[C@H](CC(C)C)C(=O)N[C@H]1C(=O)N[C@@H](CC(N)=O)C(=O)N[C@H]2C(=O)N[C@H]3C(=O)N[C@H](C(=O)NCc4cc(O)cc(O)c4-c4cc3ccc4O)[C@H](O)c3ccc(c(Cl)c3)Oc3cc2cc(c3OC2O[C@@H](CO)[C@@H](O)[C@H](O)[C@@H]2O[C@@H]2C[C@](C)(N)[C@H](O)[C@@H](C)O2)Oc2ccc(cc2Cl)[C@H]1O. The fourth-order valence-electron chi connectivity index (χ4n) is 12.2. The summed E-state index contributed by atoms with van der Waals surface area (Å²) in [6.45, 7) is 5.24. The normalized spacial score (nSPS) is 29.3. The zero-order valence-electron chi connectivity index (χ0n) is 53.1. The number of hydrogen-bond donors (Lipinski definition) is 18. The van der Waals surface area contributed by atoms with Crippen molar-refractivity contribution in [1.29, 1.82) is 0 Å². The van der Waals surface area contributed by atoms with Gasteiger partial charge in [0.1, 0.15) is 89.5 Å². The van der Waals surface area contributed by atoms with E-state index in [2.05, 4.69) is 37.2 Å². The summed E-state index contributed by atoms with van der Waals surface area (Å²) >= 11 is 14.1. The molecule has 2 fully saturated rings. The van der Waals surface area contributed by atoms with Crippen LogP contribution in [0.15, 0.2) is 78.9 Å². The highest BCUT2D eigenvalue weighted by Crippen LogP contribution is 2.49. The van der Waals surface area contributed by atoms with E-state index in [1.54, 1.807) is 0 Å². The number of aliphatic hydroxyl groups excluding tert-OH is 6. The van der Waals surface area contributed by atoms with E-state index in [0.717, 1.165) is 36.4 Å². The van der Waals surface area contributed by atoms with Gasteiger partial charge in [-0.05, 0) is 116 Å². The maximum atomic E-state index is 16.0. The van der Waals surface area contributed by atoms with Gasteiger partial charge in [-0.2, -0.15) is 0 Å². The molecule has 526 valence electrons. The van der Waals surface area contributed by atoms with Crippen molar-refractivity contribution in [2.45, 2.75) is 157 Å². The van der Waals surface area contributed by atoms with Gasteiger partial charge >= 0.3 is 0 Å². The molecular formula is C65H75Cl2N9O22. The van der Waals surface area contributed by atoms with Crippen molar-refractivity contribution in [1.82, 2.24) is 37.2 Å². The van der Waals surface area contributed by atoms with Crippen molar-refractivity contribution in [3.05, 3.63) is 117 Å². The van der Waals surface area contributed by atoms with Gasteiger partial charge in [0.2, 0.25) is 53.4 Å². The zero-order valence-corrected chi connectivity index (χ0v) is 54.6. The number of rotatable bonds is 12. The van der Waals surface area contributed by atoms with Crippen LogP contribution in [0.25, 0.3) is 11.1 Å². The van der Waals surface area contributed by atoms with Crippen LogP contribution in [-0.4, -0.2) is 180 Å². The average molecular weight is 1410 g/mol. The van der Waals surface area contributed by atoms with Crippen molar-refractivity contribution in [3.63, 3.8) is 0 Å². The summed E-state index contributed by atoms with van der Waals surface area (Å²) in [5, 5.41) is 120. The Balaban J connectivity index is 1.23. The Kier molecular flexibility index (Phi) is 21.6. The molecule has 2 saturated heterocycles. The number of carbonyl (C=O) groups excluding carboxylic acids is 7. The van der Waals surface area contributed by atoms with Gasteiger partial charge in [-0.25, -0.2) is 0 Å². The number of ether oxygens (including phenoxy) is 6. The topological polar surface area (TPSA) is 493 Å². The third-order valence-corrected chi connectivity index (χ3v) is 18.0. The molecule has 7 aliphatic heterocycles. The van der Waals surface area contributed by atoms with E-state index in [1.165, 1.54) is 63.4 Å². The van der Waals surface area contributed by atoms with E-state index in [0.29, 0.717) is 0 Å². The van der Waals surface area contributed by atoms with Gasteiger partial charge < -0.3 is 123 Å². The fourth-order valence-corrected chi connectivity index (χ4v) is 12.7. The molecule has 20 N–H and O–H groups in total. The molecule has 0 aromatic heterocycles. The molecule has 12 rings (SSSR count). The Bertz CT molecular complexity index is 3920. The Morgan fingerprint density at radius 3 is 1.94 bits per heavy atom. The van der Waals surface area contributed by atoms with Gasteiger partial charge in [-0.3, -0.25) is 33.6 Å². The number of nitrogens with two attached hydrogens (primary N) is 2. The Labute approximate surface area is 568 Å². The number of hydrogen-bond acceptors (Lipinski definition) is 24. The average Bonchev–Trinajstić information content (AvgIpc) is 0.777. The molecular weight excluding hydrogens is 1330 g/mol. The van der Waals surface area contributed by atoms with E-state index in [1.807, 2.05) is 13.8 Å². The molecule has 7 heterocycles. The van der Waals surface area contributed by atoms with Crippen molar-refractivity contribution < 1.29 is 108 Å². The molecule has 0 saturated carbocycles. The third-order valence-electron chi connectivity index (χ3n) is 17.4. The van der Waals surface area contributed by atoms with Gasteiger partial charge in [-0.15, -0.1) is 0 Å². The largest absolute Gasteiger partial charge is 0.508 e. The first kappa shape index (κ1) is 72.1. The summed E-state index contributed by atoms with van der Waals surface area (Å²) in [6, 6.07) is 3.50. The fraction of sp³-hybridized carbons (Fsp3) is 0.431. The van der Waals surface area contributed by atoms with Crippen LogP contribution in [0.2, 0.25) is 10.0 Å². The second-order valence-electron chi connectivity index (χ2n) is 25.2. The summed E-state index contributed by atoms with van der Waals surface area (Å²) in [7, 11) is 1.49. The molecule has 7 aliphatic rings. The van der Waals surface area contributed by atoms with Crippen LogP contribution in [0.1, 0.15) is 99.1 Å². The summed E-state index contributed by atoms with van der Waals surface area (Å²) in [5.41, 5.74) is 9.60. The minimum Gasteiger partial charge on any atom is -0.508 e. The number of aliphatic hydroxyl groups is 6. The summed E-state index contributed by atoms with van der Waals surface area (Å²) < 4.78 is 38.4. The molecule has 0 aliphatic carbocycles. The highest BCUT2D eigenvalue weighted by Gasteiger charge is 2.51. The van der Waals surface area contributed by atoms with Crippen LogP contribution >= 0.6 is 23.2 Å². The number of nitrogens with one attached hydrogen (secondary N) is 7. The maximum Gasteiger partial charge on any atom is 0.248 e. The lowest BCUT2D eigenvalue weighted by molar-refractivity contribution is -0.333. The lowest BCUT2D eigenvalue weighted by Crippen LogP contribution is -2.64. The molecule has 98 heavy (non-hydrogen) atoms. The van der Waals surface area contributed by atoms with Gasteiger partial charge in [0.05, 0.1) is 41.3 Å². The molecule has 11 bridgehead atoms. The number of amides is 7. The van der Waals surface area contributed by atoms with Gasteiger partial charge in [0.25, 0.3) is 0 Å². The first-order chi connectivity index (χ1) is 46.3. The molecule has 0 radical (unpaired) electrons. The van der Waals surface area contributed by atoms with Crippen molar-refractivity contribution in [2.75, 3.05) is 13.7 Å². The second kappa shape index (κ2) is 29.4.